The number of ether oxygens (including phenoxy) is 2. The fourth-order valence-corrected chi connectivity index (χ4v) is 4.49. The Kier molecular flexibility index (Phi) is 5.65. The van der Waals surface area contributed by atoms with Crippen LogP contribution in [0.4, 0.5) is 0 Å². The van der Waals surface area contributed by atoms with E-state index in [0.29, 0.717) is 5.92 Å². The number of carbonyl (C=O) groups excluding carboxylic acids is 1. The molecule has 2 aromatic carbocycles. The molecule has 0 aromatic heterocycles. The smallest absolute Gasteiger partial charge is 0.311 e. The molecule has 1 aliphatic carbocycles. The predicted molar refractivity (Wildman–Crippen MR) is 103 cm³/mol. The minimum absolute atomic E-state index is 0.0864. The lowest BCUT2D eigenvalue weighted by Crippen LogP contribution is -2.44. The van der Waals surface area contributed by atoms with Gasteiger partial charge in [0.05, 0.1) is 19.6 Å². The number of benzene rings is 2. The van der Waals surface area contributed by atoms with E-state index in [2.05, 4.69) is 43.3 Å². The van der Waals surface area contributed by atoms with Gasteiger partial charge < -0.3 is 9.47 Å². The van der Waals surface area contributed by atoms with E-state index in [-0.39, 0.29) is 11.9 Å². The zero-order valence-corrected chi connectivity index (χ0v) is 15.9. The van der Waals surface area contributed by atoms with Gasteiger partial charge in [0.1, 0.15) is 5.75 Å². The number of hydrogen-bond donors (Lipinski definition) is 0. The van der Waals surface area contributed by atoms with Crippen molar-refractivity contribution in [2.24, 2.45) is 11.3 Å². The third-order valence-corrected chi connectivity index (χ3v) is 6.01. The summed E-state index contributed by atoms with van der Waals surface area (Å²) < 4.78 is 10.5. The Morgan fingerprint density at radius 3 is 2.38 bits per heavy atom. The zero-order valence-electron chi connectivity index (χ0n) is 15.9. The van der Waals surface area contributed by atoms with E-state index in [1.807, 2.05) is 18.2 Å². The van der Waals surface area contributed by atoms with Crippen molar-refractivity contribution in [1.82, 2.24) is 0 Å². The lowest BCUT2D eigenvalue weighted by atomic mass is 9.59. The van der Waals surface area contributed by atoms with Crippen LogP contribution in [-0.2, 0) is 16.0 Å². The summed E-state index contributed by atoms with van der Waals surface area (Å²) in [6.45, 7) is 2.09. The van der Waals surface area contributed by atoms with Crippen molar-refractivity contribution in [2.75, 3.05) is 14.2 Å². The highest BCUT2D eigenvalue weighted by Crippen LogP contribution is 2.50. The van der Waals surface area contributed by atoms with Crippen LogP contribution in [0, 0.1) is 11.3 Å². The van der Waals surface area contributed by atoms with Crippen LogP contribution in [0.3, 0.4) is 0 Å². The SMILES string of the molecule is COC(=O)[C@@]1(C)CCC[C@@H](c2ccc(OC)cc2)[C@H]1Cc1ccccc1. The van der Waals surface area contributed by atoms with E-state index in [4.69, 9.17) is 9.47 Å². The van der Waals surface area contributed by atoms with Gasteiger partial charge in [-0.25, -0.2) is 0 Å². The van der Waals surface area contributed by atoms with Crippen molar-refractivity contribution in [3.8, 4) is 5.75 Å². The van der Waals surface area contributed by atoms with Gasteiger partial charge in [-0.15, -0.1) is 0 Å². The standard InChI is InChI=1S/C23H28O3/c1-23(22(24)26-3)15-7-10-20(18-11-13-19(25-2)14-12-18)21(23)16-17-8-5-4-6-9-17/h4-6,8-9,11-14,20-21H,7,10,15-16H2,1-3H3/t20-,21+,23-/m0/s1. The molecule has 3 nitrogen and oxygen atoms in total. The Bertz CT molecular complexity index is 723. The van der Waals surface area contributed by atoms with E-state index < -0.39 is 5.41 Å². The summed E-state index contributed by atoms with van der Waals surface area (Å²) in [5.41, 5.74) is 2.09. The average molecular weight is 352 g/mol. The van der Waals surface area contributed by atoms with Gasteiger partial charge in [0.25, 0.3) is 0 Å². The molecule has 0 heterocycles. The van der Waals surface area contributed by atoms with Crippen LogP contribution >= 0.6 is 0 Å². The van der Waals surface area contributed by atoms with E-state index in [0.717, 1.165) is 31.4 Å². The molecule has 3 heteroatoms. The maximum atomic E-state index is 12.7. The van der Waals surface area contributed by atoms with Gasteiger partial charge in [0.15, 0.2) is 0 Å². The maximum Gasteiger partial charge on any atom is 0.311 e. The molecular weight excluding hydrogens is 324 g/mol. The number of esters is 1. The van der Waals surface area contributed by atoms with Gasteiger partial charge >= 0.3 is 5.97 Å². The first kappa shape index (κ1) is 18.5. The van der Waals surface area contributed by atoms with Crippen LogP contribution in [0.25, 0.3) is 0 Å². The summed E-state index contributed by atoms with van der Waals surface area (Å²) >= 11 is 0. The molecular formula is C23H28O3. The Hall–Kier alpha value is -2.29. The Labute approximate surface area is 156 Å². The quantitative estimate of drug-likeness (QED) is 0.710. The third-order valence-electron chi connectivity index (χ3n) is 6.01. The van der Waals surface area contributed by atoms with Crippen LogP contribution in [0.5, 0.6) is 5.75 Å². The fourth-order valence-electron chi connectivity index (χ4n) is 4.49. The molecule has 0 amide bonds. The second-order valence-corrected chi connectivity index (χ2v) is 7.48. The van der Waals surface area contributed by atoms with Gasteiger partial charge in [-0.1, -0.05) is 48.9 Å². The van der Waals surface area contributed by atoms with Crippen LogP contribution in [-0.4, -0.2) is 20.2 Å². The first-order valence-electron chi connectivity index (χ1n) is 9.35. The molecule has 0 radical (unpaired) electrons. The molecule has 0 N–H and O–H groups in total. The molecule has 3 rings (SSSR count). The Morgan fingerprint density at radius 2 is 1.77 bits per heavy atom. The van der Waals surface area contributed by atoms with E-state index >= 15 is 0 Å². The largest absolute Gasteiger partial charge is 0.497 e. The molecule has 0 spiro atoms. The molecule has 1 fully saturated rings. The molecule has 0 aliphatic heterocycles. The maximum absolute atomic E-state index is 12.7. The highest BCUT2D eigenvalue weighted by Gasteiger charge is 2.48. The normalized spacial score (nSPS) is 25.5. The van der Waals surface area contributed by atoms with Gasteiger partial charge in [-0.2, -0.15) is 0 Å². The highest BCUT2D eigenvalue weighted by molar-refractivity contribution is 5.77. The molecule has 1 aliphatic rings. The molecule has 2 aromatic rings. The molecule has 26 heavy (non-hydrogen) atoms. The molecule has 138 valence electrons. The average Bonchev–Trinajstić information content (AvgIpc) is 2.70. The summed E-state index contributed by atoms with van der Waals surface area (Å²) in [7, 11) is 3.19. The summed E-state index contributed by atoms with van der Waals surface area (Å²) in [5.74, 6) is 1.31. The summed E-state index contributed by atoms with van der Waals surface area (Å²) in [4.78, 5) is 12.7. The van der Waals surface area contributed by atoms with Gasteiger partial charge in [-0.3, -0.25) is 4.79 Å². The third kappa shape index (κ3) is 3.62. The van der Waals surface area contributed by atoms with Crippen LogP contribution in [0.2, 0.25) is 0 Å². The molecule has 0 bridgehead atoms. The first-order chi connectivity index (χ1) is 12.6. The molecule has 3 atom stereocenters. The predicted octanol–water partition coefficient (Wildman–Crippen LogP) is 5.00. The van der Waals surface area contributed by atoms with E-state index in [9.17, 15) is 4.79 Å². The van der Waals surface area contributed by atoms with Crippen LogP contribution < -0.4 is 4.74 Å². The minimum atomic E-state index is -0.465. The van der Waals surface area contributed by atoms with E-state index in [1.54, 1.807) is 7.11 Å². The van der Waals surface area contributed by atoms with Gasteiger partial charge in [0, 0.05) is 0 Å². The van der Waals surface area contributed by atoms with Crippen molar-refractivity contribution in [1.29, 1.82) is 0 Å². The van der Waals surface area contributed by atoms with Gasteiger partial charge in [0.2, 0.25) is 0 Å². The zero-order chi connectivity index (χ0) is 18.6. The summed E-state index contributed by atoms with van der Waals surface area (Å²) in [6.07, 6.45) is 3.89. The molecule has 0 saturated heterocycles. The summed E-state index contributed by atoms with van der Waals surface area (Å²) in [5, 5.41) is 0. The van der Waals surface area contributed by atoms with Crippen LogP contribution in [0.1, 0.15) is 43.2 Å². The second-order valence-electron chi connectivity index (χ2n) is 7.48. The van der Waals surface area contributed by atoms with Crippen molar-refractivity contribution < 1.29 is 14.3 Å². The number of rotatable bonds is 5. The molecule has 0 unspecified atom stereocenters. The van der Waals surface area contributed by atoms with Gasteiger partial charge in [-0.05, 0) is 61.3 Å². The highest BCUT2D eigenvalue weighted by atomic mass is 16.5. The first-order valence-corrected chi connectivity index (χ1v) is 9.35. The van der Waals surface area contributed by atoms with Crippen molar-refractivity contribution in [3.05, 3.63) is 65.7 Å². The second kappa shape index (κ2) is 7.94. The lowest BCUT2D eigenvalue weighted by molar-refractivity contribution is -0.158. The Balaban J connectivity index is 1.98. The monoisotopic (exact) mass is 352 g/mol. The van der Waals surface area contributed by atoms with Crippen molar-refractivity contribution in [3.63, 3.8) is 0 Å². The lowest BCUT2D eigenvalue weighted by Gasteiger charge is -2.44. The number of methoxy groups -OCH3 is 2. The Morgan fingerprint density at radius 1 is 1.08 bits per heavy atom. The molecule has 1 saturated carbocycles. The van der Waals surface area contributed by atoms with Crippen molar-refractivity contribution >= 4 is 5.97 Å². The van der Waals surface area contributed by atoms with E-state index in [1.165, 1.54) is 18.2 Å². The number of carbonyl (C=O) groups is 1. The van der Waals surface area contributed by atoms with Crippen LogP contribution in [0.15, 0.2) is 54.6 Å². The fraction of sp³-hybridized carbons (Fsp3) is 0.435. The topological polar surface area (TPSA) is 35.5 Å². The minimum Gasteiger partial charge on any atom is -0.497 e. The summed E-state index contributed by atoms with van der Waals surface area (Å²) in [6, 6.07) is 18.8. The number of hydrogen-bond acceptors (Lipinski definition) is 3. The van der Waals surface area contributed by atoms with Crippen molar-refractivity contribution in [2.45, 2.75) is 38.5 Å².